The first kappa shape index (κ1) is 16.0. The van der Waals surface area contributed by atoms with Crippen LogP contribution in [0.15, 0.2) is 24.3 Å². The van der Waals surface area contributed by atoms with Crippen LogP contribution in [0.4, 0.5) is 0 Å². The Morgan fingerprint density at radius 2 is 1.48 bits per heavy atom. The summed E-state index contributed by atoms with van der Waals surface area (Å²) in [7, 11) is 1.87. The van der Waals surface area contributed by atoms with Crippen LogP contribution in [-0.2, 0) is 16.1 Å². The highest BCUT2D eigenvalue weighted by atomic mass is 16.4. The summed E-state index contributed by atoms with van der Waals surface area (Å²) in [6.07, 6.45) is 4.09. The van der Waals surface area contributed by atoms with Crippen LogP contribution in [0.25, 0.3) is 0 Å². The molecule has 0 saturated heterocycles. The highest BCUT2D eigenvalue weighted by Crippen LogP contribution is 2.57. The first-order valence-electron chi connectivity index (χ1n) is 8.42. The molecule has 4 heteroatoms. The number of aliphatic carboxylic acids is 1. The molecule has 23 heavy (non-hydrogen) atoms. The fourth-order valence-corrected chi connectivity index (χ4v) is 4.27. The van der Waals surface area contributed by atoms with Crippen molar-refractivity contribution in [3.8, 4) is 0 Å². The zero-order valence-corrected chi connectivity index (χ0v) is 14.0. The molecule has 2 bridgehead atoms. The van der Waals surface area contributed by atoms with E-state index in [4.69, 9.17) is 0 Å². The molecule has 0 atom stereocenters. The van der Waals surface area contributed by atoms with Gasteiger partial charge in [0.1, 0.15) is 0 Å². The molecular formula is C19H25NO3. The molecule has 124 valence electrons. The third-order valence-corrected chi connectivity index (χ3v) is 6.04. The van der Waals surface area contributed by atoms with E-state index in [2.05, 4.69) is 31.2 Å². The molecule has 4 nitrogen and oxygen atoms in total. The second-order valence-corrected chi connectivity index (χ2v) is 7.51. The molecule has 0 spiro atoms. The molecule has 4 rings (SSSR count). The van der Waals surface area contributed by atoms with Gasteiger partial charge in [-0.15, -0.1) is 0 Å². The summed E-state index contributed by atoms with van der Waals surface area (Å²) in [5.74, 6) is -0.483. The minimum absolute atomic E-state index is 0.191. The number of rotatable bonds is 4. The molecule has 0 aromatic heterocycles. The lowest BCUT2D eigenvalue weighted by Gasteiger charge is -2.51. The van der Waals surface area contributed by atoms with Crippen LogP contribution < -0.4 is 0 Å². The first-order chi connectivity index (χ1) is 10.9. The average molecular weight is 315 g/mol. The Balaban J connectivity index is 1.69. The molecule has 3 saturated carbocycles. The Morgan fingerprint density at radius 3 is 1.96 bits per heavy atom. The Kier molecular flexibility index (Phi) is 3.95. The van der Waals surface area contributed by atoms with Gasteiger partial charge in [0.2, 0.25) is 5.91 Å². The summed E-state index contributed by atoms with van der Waals surface area (Å²) >= 11 is 0. The van der Waals surface area contributed by atoms with Gasteiger partial charge < -0.3 is 10.0 Å². The van der Waals surface area contributed by atoms with E-state index in [1.165, 1.54) is 5.56 Å². The number of hydrogen-bond acceptors (Lipinski definition) is 2. The maximum Gasteiger partial charge on any atom is 0.309 e. The van der Waals surface area contributed by atoms with Gasteiger partial charge in [0.05, 0.1) is 5.41 Å². The normalized spacial score (nSPS) is 29.3. The fraction of sp³-hybridized carbons (Fsp3) is 0.579. The largest absolute Gasteiger partial charge is 0.481 e. The quantitative estimate of drug-likeness (QED) is 0.926. The van der Waals surface area contributed by atoms with Crippen molar-refractivity contribution in [1.29, 1.82) is 0 Å². The molecule has 1 N–H and O–H groups in total. The number of carbonyl (C=O) groups is 2. The zero-order chi connectivity index (χ0) is 16.7. The Bertz CT molecular complexity index is 595. The van der Waals surface area contributed by atoms with E-state index < -0.39 is 11.4 Å². The van der Waals surface area contributed by atoms with Gasteiger partial charge in [-0.1, -0.05) is 29.8 Å². The number of amides is 1. The van der Waals surface area contributed by atoms with E-state index in [0.717, 1.165) is 24.8 Å². The van der Waals surface area contributed by atoms with E-state index in [0.29, 0.717) is 25.8 Å². The lowest BCUT2D eigenvalue weighted by Crippen LogP contribution is -2.52. The maximum atomic E-state index is 13.0. The third kappa shape index (κ3) is 2.75. The minimum atomic E-state index is -0.675. The summed E-state index contributed by atoms with van der Waals surface area (Å²) in [5, 5.41) is 9.47. The summed E-state index contributed by atoms with van der Waals surface area (Å²) < 4.78 is 0. The number of carbonyl (C=O) groups excluding carboxylic acids is 1. The molecule has 0 heterocycles. The number of carboxylic acid groups (broad SMARTS) is 1. The van der Waals surface area contributed by atoms with Crippen LogP contribution in [-0.4, -0.2) is 28.9 Å². The van der Waals surface area contributed by atoms with Crippen LogP contribution in [0.3, 0.4) is 0 Å². The van der Waals surface area contributed by atoms with Gasteiger partial charge in [0.25, 0.3) is 0 Å². The van der Waals surface area contributed by atoms with Crippen molar-refractivity contribution in [1.82, 2.24) is 4.90 Å². The van der Waals surface area contributed by atoms with Crippen molar-refractivity contribution < 1.29 is 14.7 Å². The molecule has 1 amide bonds. The molecule has 0 unspecified atom stereocenters. The van der Waals surface area contributed by atoms with Gasteiger partial charge in [0, 0.05) is 19.0 Å². The van der Waals surface area contributed by atoms with Crippen molar-refractivity contribution >= 4 is 11.9 Å². The van der Waals surface area contributed by atoms with Gasteiger partial charge in [-0.2, -0.15) is 0 Å². The molecule has 0 radical (unpaired) electrons. The molecule has 1 aromatic carbocycles. The number of nitrogens with zero attached hydrogens (tertiary/aromatic N) is 1. The van der Waals surface area contributed by atoms with E-state index in [-0.39, 0.29) is 11.3 Å². The fourth-order valence-electron chi connectivity index (χ4n) is 4.27. The summed E-state index contributed by atoms with van der Waals surface area (Å²) in [6.45, 7) is 2.67. The van der Waals surface area contributed by atoms with E-state index in [9.17, 15) is 14.7 Å². The third-order valence-electron chi connectivity index (χ3n) is 6.04. The Hall–Kier alpha value is -1.84. The Morgan fingerprint density at radius 1 is 1.00 bits per heavy atom. The second kappa shape index (κ2) is 5.66. The molecular weight excluding hydrogens is 290 g/mol. The lowest BCUT2D eigenvalue weighted by molar-refractivity contribution is -0.167. The average Bonchev–Trinajstić information content (AvgIpc) is 2.57. The first-order valence-corrected chi connectivity index (χ1v) is 8.42. The van der Waals surface area contributed by atoms with E-state index in [1.54, 1.807) is 0 Å². The predicted molar refractivity (Wildman–Crippen MR) is 87.9 cm³/mol. The van der Waals surface area contributed by atoms with Gasteiger partial charge in [-0.3, -0.25) is 9.59 Å². The highest BCUT2D eigenvalue weighted by Gasteiger charge is 2.56. The monoisotopic (exact) mass is 315 g/mol. The van der Waals surface area contributed by atoms with Crippen LogP contribution in [0.1, 0.15) is 49.7 Å². The van der Waals surface area contributed by atoms with E-state index in [1.807, 2.05) is 11.9 Å². The van der Waals surface area contributed by atoms with Gasteiger partial charge in [0.15, 0.2) is 0 Å². The van der Waals surface area contributed by atoms with Crippen molar-refractivity contribution in [2.75, 3.05) is 7.05 Å². The lowest BCUT2D eigenvalue weighted by atomic mass is 9.53. The van der Waals surface area contributed by atoms with Crippen LogP contribution >= 0.6 is 0 Å². The zero-order valence-electron chi connectivity index (χ0n) is 14.0. The molecule has 1 aromatic rings. The topological polar surface area (TPSA) is 57.6 Å². The van der Waals surface area contributed by atoms with Crippen molar-refractivity contribution in [3.63, 3.8) is 0 Å². The second-order valence-electron chi connectivity index (χ2n) is 7.51. The SMILES string of the molecule is Cc1ccc(CN(C)C(=O)C23CCC(C(=O)O)(CC2)CC3)cc1. The molecule has 0 aliphatic heterocycles. The van der Waals surface area contributed by atoms with Gasteiger partial charge in [-0.05, 0) is 51.0 Å². The summed E-state index contributed by atoms with van der Waals surface area (Å²) in [4.78, 5) is 26.3. The summed E-state index contributed by atoms with van der Waals surface area (Å²) in [6, 6.07) is 8.25. The minimum Gasteiger partial charge on any atom is -0.481 e. The predicted octanol–water partition coefficient (Wildman–Crippen LogP) is 3.38. The van der Waals surface area contributed by atoms with Crippen molar-refractivity contribution in [2.24, 2.45) is 10.8 Å². The summed E-state index contributed by atoms with van der Waals surface area (Å²) in [5.41, 5.74) is 1.47. The molecule has 3 aliphatic rings. The number of benzene rings is 1. The maximum absolute atomic E-state index is 13.0. The smallest absolute Gasteiger partial charge is 0.309 e. The molecule has 3 fully saturated rings. The standard InChI is InChI=1S/C19H25NO3/c1-14-3-5-15(6-4-14)13-20(2)16(21)18-7-10-19(11-8-18,12-9-18)17(22)23/h3-6H,7-13H2,1-2H3,(H,22,23). The van der Waals surface area contributed by atoms with Crippen LogP contribution in [0.2, 0.25) is 0 Å². The van der Waals surface area contributed by atoms with Gasteiger partial charge in [-0.25, -0.2) is 0 Å². The highest BCUT2D eigenvalue weighted by molar-refractivity contribution is 5.84. The Labute approximate surface area is 137 Å². The van der Waals surface area contributed by atoms with E-state index >= 15 is 0 Å². The van der Waals surface area contributed by atoms with Crippen molar-refractivity contribution in [2.45, 2.75) is 52.0 Å². The van der Waals surface area contributed by atoms with Crippen LogP contribution in [0.5, 0.6) is 0 Å². The van der Waals surface area contributed by atoms with Crippen molar-refractivity contribution in [3.05, 3.63) is 35.4 Å². The number of hydrogen-bond donors (Lipinski definition) is 1. The van der Waals surface area contributed by atoms with Gasteiger partial charge >= 0.3 is 5.97 Å². The molecule has 3 aliphatic carbocycles. The number of fused-ring (bicyclic) bond motifs is 3. The number of aryl methyl sites for hydroxylation is 1. The number of carboxylic acids is 1. The van der Waals surface area contributed by atoms with Crippen LogP contribution in [0, 0.1) is 17.8 Å².